The van der Waals surface area contributed by atoms with Crippen LogP contribution in [0.5, 0.6) is 0 Å². The molecule has 1 aromatic rings. The van der Waals surface area contributed by atoms with Gasteiger partial charge in [0.05, 0.1) is 6.10 Å². The van der Waals surface area contributed by atoms with E-state index in [1.165, 1.54) is 0 Å². The first-order valence-electron chi connectivity index (χ1n) is 5.32. The van der Waals surface area contributed by atoms with Crippen LogP contribution < -0.4 is 0 Å². The molecular weight excluding hydrogens is 276 g/mol. The molecule has 0 aliphatic carbocycles. The second kappa shape index (κ2) is 5.22. The largest absolute Gasteiger partial charge is 0.298 e. The second-order valence-corrected chi connectivity index (χ2v) is 7.66. The third kappa shape index (κ3) is 2.99. The number of hydrogen-bond acceptors (Lipinski definition) is 5. The van der Waals surface area contributed by atoms with Crippen molar-refractivity contribution in [3.8, 4) is 0 Å². The molecule has 0 saturated heterocycles. The SMILES string of the molecule is CC(C)OS(=O)(=O)c1cccc2c1SCCS2. The molecule has 0 atom stereocenters. The Morgan fingerprint density at radius 1 is 1.24 bits per heavy atom. The first-order valence-corrected chi connectivity index (χ1v) is 8.70. The monoisotopic (exact) mass is 290 g/mol. The zero-order valence-electron chi connectivity index (χ0n) is 9.67. The molecule has 0 spiro atoms. The van der Waals surface area contributed by atoms with Crippen molar-refractivity contribution in [1.29, 1.82) is 0 Å². The van der Waals surface area contributed by atoms with E-state index in [0.717, 1.165) is 21.3 Å². The number of fused-ring (bicyclic) bond motifs is 1. The number of rotatable bonds is 3. The summed E-state index contributed by atoms with van der Waals surface area (Å²) in [5.74, 6) is 1.96. The average molecular weight is 290 g/mol. The smallest absolute Gasteiger partial charge is 0.264 e. The maximum Gasteiger partial charge on any atom is 0.298 e. The lowest BCUT2D eigenvalue weighted by molar-refractivity contribution is 0.248. The van der Waals surface area contributed by atoms with Gasteiger partial charge >= 0.3 is 0 Å². The molecule has 6 heteroatoms. The second-order valence-electron chi connectivity index (χ2n) is 3.88. The maximum absolute atomic E-state index is 12.1. The molecule has 1 heterocycles. The highest BCUT2D eigenvalue weighted by molar-refractivity contribution is 8.06. The van der Waals surface area contributed by atoms with Crippen LogP contribution in [0.1, 0.15) is 13.8 Å². The van der Waals surface area contributed by atoms with Gasteiger partial charge in [-0.25, -0.2) is 0 Å². The molecule has 1 aromatic carbocycles. The van der Waals surface area contributed by atoms with E-state index >= 15 is 0 Å². The normalized spacial score (nSPS) is 15.9. The van der Waals surface area contributed by atoms with E-state index in [4.69, 9.17) is 4.18 Å². The van der Waals surface area contributed by atoms with Gasteiger partial charge in [0.2, 0.25) is 0 Å². The molecule has 0 aromatic heterocycles. The molecule has 0 saturated carbocycles. The molecule has 0 N–H and O–H groups in total. The van der Waals surface area contributed by atoms with Crippen LogP contribution in [0.2, 0.25) is 0 Å². The Hall–Kier alpha value is -0.170. The van der Waals surface area contributed by atoms with Crippen LogP contribution in [0.15, 0.2) is 32.9 Å². The van der Waals surface area contributed by atoms with Gasteiger partial charge in [-0.1, -0.05) is 6.07 Å². The minimum Gasteiger partial charge on any atom is -0.264 e. The van der Waals surface area contributed by atoms with Gasteiger partial charge in [0.1, 0.15) is 4.90 Å². The fraction of sp³-hybridized carbons (Fsp3) is 0.455. The van der Waals surface area contributed by atoms with Gasteiger partial charge in [-0.05, 0) is 26.0 Å². The molecule has 17 heavy (non-hydrogen) atoms. The van der Waals surface area contributed by atoms with Crippen molar-refractivity contribution in [2.75, 3.05) is 11.5 Å². The molecule has 1 aliphatic heterocycles. The highest BCUT2D eigenvalue weighted by Crippen LogP contribution is 2.40. The van der Waals surface area contributed by atoms with Crippen molar-refractivity contribution >= 4 is 33.6 Å². The van der Waals surface area contributed by atoms with Crippen molar-refractivity contribution in [3.63, 3.8) is 0 Å². The van der Waals surface area contributed by atoms with Crippen molar-refractivity contribution in [2.24, 2.45) is 0 Å². The standard InChI is InChI=1S/C11H14O3S3/c1-8(2)14-17(12,13)10-5-3-4-9-11(10)16-7-6-15-9/h3-5,8H,6-7H2,1-2H3. The zero-order valence-corrected chi connectivity index (χ0v) is 12.1. The summed E-state index contributed by atoms with van der Waals surface area (Å²) in [6, 6.07) is 5.35. The van der Waals surface area contributed by atoms with E-state index in [9.17, 15) is 8.42 Å². The first kappa shape index (κ1) is 13.3. The Balaban J connectivity index is 2.45. The highest BCUT2D eigenvalue weighted by Gasteiger charge is 2.24. The van der Waals surface area contributed by atoms with Gasteiger partial charge in [0, 0.05) is 21.3 Å². The predicted octanol–water partition coefficient (Wildman–Crippen LogP) is 3.00. The summed E-state index contributed by atoms with van der Waals surface area (Å²) in [4.78, 5) is 2.18. The molecular formula is C11H14O3S3. The van der Waals surface area contributed by atoms with Crippen molar-refractivity contribution in [2.45, 2.75) is 34.6 Å². The van der Waals surface area contributed by atoms with Gasteiger partial charge < -0.3 is 0 Å². The van der Waals surface area contributed by atoms with Gasteiger partial charge in [-0.3, -0.25) is 4.18 Å². The minimum absolute atomic E-state index is 0.306. The zero-order chi connectivity index (χ0) is 12.5. The summed E-state index contributed by atoms with van der Waals surface area (Å²) in [6.07, 6.45) is -0.336. The van der Waals surface area contributed by atoms with Crippen LogP contribution in [-0.2, 0) is 14.3 Å². The number of hydrogen-bond donors (Lipinski definition) is 0. The van der Waals surface area contributed by atoms with E-state index in [-0.39, 0.29) is 6.10 Å². The van der Waals surface area contributed by atoms with Crippen LogP contribution in [-0.4, -0.2) is 26.0 Å². The molecule has 0 fully saturated rings. The average Bonchev–Trinajstić information content (AvgIpc) is 2.26. The van der Waals surface area contributed by atoms with Crippen LogP contribution in [0.3, 0.4) is 0 Å². The third-order valence-corrected chi connectivity index (χ3v) is 6.35. The van der Waals surface area contributed by atoms with Crippen LogP contribution in [0.25, 0.3) is 0 Å². The fourth-order valence-corrected chi connectivity index (χ4v) is 5.57. The lowest BCUT2D eigenvalue weighted by Gasteiger charge is -2.18. The molecule has 3 nitrogen and oxygen atoms in total. The number of thioether (sulfide) groups is 2. The third-order valence-electron chi connectivity index (χ3n) is 2.12. The summed E-state index contributed by atoms with van der Waals surface area (Å²) >= 11 is 3.29. The highest BCUT2D eigenvalue weighted by atomic mass is 32.2. The summed E-state index contributed by atoms with van der Waals surface area (Å²) < 4.78 is 29.2. The fourth-order valence-electron chi connectivity index (χ4n) is 1.55. The van der Waals surface area contributed by atoms with E-state index in [1.54, 1.807) is 49.5 Å². The van der Waals surface area contributed by atoms with E-state index in [1.807, 2.05) is 6.07 Å². The van der Waals surface area contributed by atoms with Crippen molar-refractivity contribution < 1.29 is 12.6 Å². The minimum atomic E-state index is -3.64. The molecule has 1 aliphatic rings. The summed E-state index contributed by atoms with van der Waals surface area (Å²) in [7, 11) is -3.64. The van der Waals surface area contributed by atoms with Crippen molar-refractivity contribution in [3.05, 3.63) is 18.2 Å². The van der Waals surface area contributed by atoms with Crippen LogP contribution >= 0.6 is 23.5 Å². The topological polar surface area (TPSA) is 43.4 Å². The lowest BCUT2D eigenvalue weighted by atomic mass is 10.4. The molecule has 0 radical (unpaired) electrons. The van der Waals surface area contributed by atoms with E-state index < -0.39 is 10.1 Å². The molecule has 94 valence electrons. The lowest BCUT2D eigenvalue weighted by Crippen LogP contribution is -2.14. The Bertz CT molecular complexity index is 509. The first-order chi connectivity index (χ1) is 8.00. The van der Waals surface area contributed by atoms with Crippen molar-refractivity contribution in [1.82, 2.24) is 0 Å². The van der Waals surface area contributed by atoms with Gasteiger partial charge in [0.25, 0.3) is 10.1 Å². The predicted molar refractivity (Wildman–Crippen MR) is 71.3 cm³/mol. The molecule has 2 rings (SSSR count). The summed E-state index contributed by atoms with van der Waals surface area (Å²) in [5.41, 5.74) is 0. The Labute approximate surface area is 110 Å². The quantitative estimate of drug-likeness (QED) is 0.801. The van der Waals surface area contributed by atoms with E-state index in [2.05, 4.69) is 0 Å². The summed E-state index contributed by atoms with van der Waals surface area (Å²) in [6.45, 7) is 3.43. The molecule has 0 amide bonds. The van der Waals surface area contributed by atoms with E-state index in [0.29, 0.717) is 4.90 Å². The maximum atomic E-state index is 12.1. The molecule has 0 unspecified atom stereocenters. The Kier molecular flexibility index (Phi) is 4.07. The van der Waals surface area contributed by atoms with Gasteiger partial charge in [-0.15, -0.1) is 23.5 Å². The van der Waals surface area contributed by atoms with Crippen LogP contribution in [0.4, 0.5) is 0 Å². The van der Waals surface area contributed by atoms with Gasteiger partial charge in [-0.2, -0.15) is 8.42 Å². The molecule has 0 bridgehead atoms. The Morgan fingerprint density at radius 2 is 1.94 bits per heavy atom. The van der Waals surface area contributed by atoms with Gasteiger partial charge in [0.15, 0.2) is 0 Å². The van der Waals surface area contributed by atoms with Crippen LogP contribution in [0, 0.1) is 0 Å². The number of benzene rings is 1. The summed E-state index contributed by atoms with van der Waals surface area (Å²) in [5, 5.41) is 0. The Morgan fingerprint density at radius 3 is 2.65 bits per heavy atom.